The molecule has 25 heavy (non-hydrogen) atoms. The fourth-order valence-electron chi connectivity index (χ4n) is 3.11. The van der Waals surface area contributed by atoms with Crippen LogP contribution >= 0.6 is 0 Å². The van der Waals surface area contributed by atoms with Crippen molar-refractivity contribution in [3.05, 3.63) is 23.8 Å². The summed E-state index contributed by atoms with van der Waals surface area (Å²) >= 11 is 0. The molecule has 0 spiro atoms. The SMILES string of the molecule is Cc1nc(O)c2cc(C3CCCCN3C(=O)OC(C)(C)C)ncc2n1. The van der Waals surface area contributed by atoms with Gasteiger partial charge in [0.2, 0.25) is 5.88 Å². The lowest BCUT2D eigenvalue weighted by Gasteiger charge is -2.36. The van der Waals surface area contributed by atoms with E-state index in [2.05, 4.69) is 15.0 Å². The topological polar surface area (TPSA) is 88.4 Å². The molecule has 2 aromatic heterocycles. The summed E-state index contributed by atoms with van der Waals surface area (Å²) in [5, 5.41) is 10.7. The summed E-state index contributed by atoms with van der Waals surface area (Å²) in [6.45, 7) is 7.93. The van der Waals surface area contributed by atoms with Crippen LogP contribution in [0.1, 0.15) is 57.6 Å². The maximum Gasteiger partial charge on any atom is 0.410 e. The van der Waals surface area contributed by atoms with E-state index in [1.807, 2.05) is 20.8 Å². The molecular weight excluding hydrogens is 320 g/mol. The molecule has 0 aliphatic carbocycles. The number of rotatable bonds is 1. The van der Waals surface area contributed by atoms with E-state index in [4.69, 9.17) is 4.74 Å². The second kappa shape index (κ2) is 6.46. The van der Waals surface area contributed by atoms with Gasteiger partial charge in [0.05, 0.1) is 28.8 Å². The van der Waals surface area contributed by atoms with Crippen LogP contribution in [0.4, 0.5) is 4.79 Å². The summed E-state index contributed by atoms with van der Waals surface area (Å²) in [5.41, 5.74) is 0.772. The number of carbonyl (C=O) groups is 1. The molecule has 0 bridgehead atoms. The van der Waals surface area contributed by atoms with Crippen LogP contribution in [0.15, 0.2) is 12.3 Å². The largest absolute Gasteiger partial charge is 0.493 e. The summed E-state index contributed by atoms with van der Waals surface area (Å²) in [6, 6.07) is 1.60. The highest BCUT2D eigenvalue weighted by Crippen LogP contribution is 2.33. The maximum atomic E-state index is 12.6. The third-order valence-corrected chi connectivity index (χ3v) is 4.17. The lowest BCUT2D eigenvalue weighted by Crippen LogP contribution is -2.42. The molecule has 1 N–H and O–H groups in total. The van der Waals surface area contributed by atoms with E-state index < -0.39 is 5.60 Å². The lowest BCUT2D eigenvalue weighted by molar-refractivity contribution is 0.00902. The van der Waals surface area contributed by atoms with Gasteiger partial charge in [0, 0.05) is 6.54 Å². The number of hydrogen-bond acceptors (Lipinski definition) is 6. The van der Waals surface area contributed by atoms with Crippen molar-refractivity contribution in [1.29, 1.82) is 0 Å². The Kier molecular flexibility index (Phi) is 4.49. The number of carbonyl (C=O) groups excluding carboxylic acids is 1. The average Bonchev–Trinajstić information content (AvgIpc) is 2.53. The van der Waals surface area contributed by atoms with E-state index in [0.717, 1.165) is 25.0 Å². The summed E-state index contributed by atoms with van der Waals surface area (Å²) in [4.78, 5) is 27.1. The van der Waals surface area contributed by atoms with Gasteiger partial charge in [0.25, 0.3) is 0 Å². The normalized spacial score (nSPS) is 18.4. The number of aryl methyl sites for hydroxylation is 1. The Balaban J connectivity index is 1.95. The molecule has 134 valence electrons. The first-order valence-electron chi connectivity index (χ1n) is 8.57. The monoisotopic (exact) mass is 344 g/mol. The highest BCUT2D eigenvalue weighted by atomic mass is 16.6. The van der Waals surface area contributed by atoms with Gasteiger partial charge in [-0.3, -0.25) is 9.88 Å². The van der Waals surface area contributed by atoms with Gasteiger partial charge in [-0.15, -0.1) is 0 Å². The number of fused-ring (bicyclic) bond motifs is 1. The standard InChI is InChI=1S/C18H24N4O3/c1-11-20-14-10-19-13(9-12(14)16(23)21-11)15-7-5-6-8-22(15)17(24)25-18(2,3)4/h9-10,15H,5-8H2,1-4H3,(H,20,21,23). The van der Waals surface area contributed by atoms with Crippen molar-refractivity contribution in [3.63, 3.8) is 0 Å². The Morgan fingerprint density at radius 3 is 2.80 bits per heavy atom. The molecule has 1 saturated heterocycles. The minimum absolute atomic E-state index is 0.0641. The van der Waals surface area contributed by atoms with Crippen molar-refractivity contribution >= 4 is 17.0 Å². The molecule has 7 heteroatoms. The van der Waals surface area contributed by atoms with Crippen molar-refractivity contribution in [2.75, 3.05) is 6.54 Å². The van der Waals surface area contributed by atoms with Crippen LogP contribution < -0.4 is 0 Å². The number of nitrogens with zero attached hydrogens (tertiary/aromatic N) is 4. The van der Waals surface area contributed by atoms with Gasteiger partial charge in [0.15, 0.2) is 0 Å². The van der Waals surface area contributed by atoms with Crippen LogP contribution in [-0.2, 0) is 4.74 Å². The zero-order valence-corrected chi connectivity index (χ0v) is 15.1. The predicted octanol–water partition coefficient (Wildman–Crippen LogP) is 3.50. The Morgan fingerprint density at radius 2 is 2.08 bits per heavy atom. The van der Waals surface area contributed by atoms with Gasteiger partial charge in [-0.2, -0.15) is 4.98 Å². The molecule has 2 aromatic rings. The minimum Gasteiger partial charge on any atom is -0.493 e. The molecule has 0 saturated carbocycles. The van der Waals surface area contributed by atoms with E-state index >= 15 is 0 Å². The van der Waals surface area contributed by atoms with Crippen molar-refractivity contribution in [3.8, 4) is 5.88 Å². The number of hydrogen-bond donors (Lipinski definition) is 1. The van der Waals surface area contributed by atoms with E-state index in [-0.39, 0.29) is 18.0 Å². The molecule has 1 aliphatic heterocycles. The van der Waals surface area contributed by atoms with E-state index in [0.29, 0.717) is 23.3 Å². The number of aromatic nitrogens is 3. The van der Waals surface area contributed by atoms with Crippen LogP contribution in [0.25, 0.3) is 10.9 Å². The van der Waals surface area contributed by atoms with Crippen LogP contribution in [-0.4, -0.2) is 43.2 Å². The van der Waals surface area contributed by atoms with Crippen LogP contribution in [0.5, 0.6) is 5.88 Å². The third-order valence-electron chi connectivity index (χ3n) is 4.17. The molecule has 3 rings (SSSR count). The first-order valence-corrected chi connectivity index (χ1v) is 8.57. The zero-order valence-electron chi connectivity index (χ0n) is 15.1. The third kappa shape index (κ3) is 3.81. The van der Waals surface area contributed by atoms with Gasteiger partial charge >= 0.3 is 6.09 Å². The van der Waals surface area contributed by atoms with E-state index in [9.17, 15) is 9.90 Å². The molecule has 1 fully saturated rings. The number of amides is 1. The van der Waals surface area contributed by atoms with Gasteiger partial charge in [0.1, 0.15) is 11.4 Å². The highest BCUT2D eigenvalue weighted by molar-refractivity contribution is 5.83. The average molecular weight is 344 g/mol. The Morgan fingerprint density at radius 1 is 1.32 bits per heavy atom. The second-order valence-electron chi connectivity index (χ2n) is 7.41. The zero-order chi connectivity index (χ0) is 18.2. The Bertz CT molecular complexity index is 801. The first kappa shape index (κ1) is 17.4. The molecule has 3 heterocycles. The van der Waals surface area contributed by atoms with Crippen molar-refractivity contribution in [1.82, 2.24) is 19.9 Å². The molecule has 7 nitrogen and oxygen atoms in total. The van der Waals surface area contributed by atoms with Crippen molar-refractivity contribution in [2.24, 2.45) is 0 Å². The maximum absolute atomic E-state index is 12.6. The van der Waals surface area contributed by atoms with Crippen LogP contribution in [0.3, 0.4) is 0 Å². The summed E-state index contributed by atoms with van der Waals surface area (Å²) < 4.78 is 5.54. The molecular formula is C18H24N4O3. The molecule has 1 aliphatic rings. The van der Waals surface area contributed by atoms with Gasteiger partial charge in [-0.05, 0) is 53.0 Å². The van der Waals surface area contributed by atoms with Gasteiger partial charge < -0.3 is 9.84 Å². The summed E-state index contributed by atoms with van der Waals surface area (Å²) in [5.74, 6) is 0.429. The molecule has 1 unspecified atom stereocenters. The van der Waals surface area contributed by atoms with Crippen LogP contribution in [0.2, 0.25) is 0 Å². The quantitative estimate of drug-likeness (QED) is 0.852. The molecule has 0 aromatic carbocycles. The summed E-state index contributed by atoms with van der Waals surface area (Å²) in [6.07, 6.45) is 4.06. The van der Waals surface area contributed by atoms with Gasteiger partial charge in [-0.1, -0.05) is 0 Å². The van der Waals surface area contributed by atoms with Gasteiger partial charge in [-0.25, -0.2) is 9.78 Å². The molecule has 0 radical (unpaired) electrons. The minimum atomic E-state index is -0.542. The number of piperidine rings is 1. The smallest absolute Gasteiger partial charge is 0.410 e. The van der Waals surface area contributed by atoms with Crippen LogP contribution in [0, 0.1) is 6.92 Å². The Hall–Kier alpha value is -2.44. The first-order chi connectivity index (χ1) is 11.7. The van der Waals surface area contributed by atoms with E-state index in [1.165, 1.54) is 0 Å². The lowest BCUT2D eigenvalue weighted by atomic mass is 9.98. The number of pyridine rings is 1. The summed E-state index contributed by atoms with van der Waals surface area (Å²) in [7, 11) is 0. The Labute approximate surface area is 147 Å². The molecule has 1 atom stereocenters. The van der Waals surface area contributed by atoms with E-state index in [1.54, 1.807) is 24.1 Å². The second-order valence-corrected chi connectivity index (χ2v) is 7.41. The fourth-order valence-corrected chi connectivity index (χ4v) is 3.11. The fraction of sp³-hybridized carbons (Fsp3) is 0.556. The number of aromatic hydroxyl groups is 1. The van der Waals surface area contributed by atoms with Crippen molar-refractivity contribution < 1.29 is 14.6 Å². The number of likely N-dealkylation sites (tertiary alicyclic amines) is 1. The predicted molar refractivity (Wildman–Crippen MR) is 93.3 cm³/mol. The highest BCUT2D eigenvalue weighted by Gasteiger charge is 2.32. The molecule has 1 amide bonds. The number of ether oxygens (including phenoxy) is 1. The van der Waals surface area contributed by atoms with Crippen molar-refractivity contribution in [2.45, 2.75) is 58.6 Å².